The van der Waals surface area contributed by atoms with Crippen LogP contribution in [-0.2, 0) is 9.59 Å². The minimum atomic E-state index is -0.328. The van der Waals surface area contributed by atoms with Crippen LogP contribution >= 0.6 is 0 Å². The largest absolute Gasteiger partial charge is 0.457 e. The van der Waals surface area contributed by atoms with Gasteiger partial charge in [0.1, 0.15) is 17.9 Å². The fourth-order valence-corrected chi connectivity index (χ4v) is 3.14. The standard InChI is InChI=1S/C23H26N2O3/c26-22(24-16-15-18-7-3-1-4-8-18)17-23(27)25-19-11-13-21(14-12-19)28-20-9-5-2-6-10-20/h2,5-7,9-14H,1,3-4,8,15-17H2,(H,24,26)(H,25,27). The molecule has 0 atom stereocenters. The van der Waals surface area contributed by atoms with Crippen molar-refractivity contribution in [2.75, 3.05) is 11.9 Å². The lowest BCUT2D eigenvalue weighted by Crippen LogP contribution is -2.29. The van der Waals surface area contributed by atoms with Gasteiger partial charge in [0.15, 0.2) is 0 Å². The Hall–Kier alpha value is -3.08. The van der Waals surface area contributed by atoms with Crippen LogP contribution in [0.15, 0.2) is 66.2 Å². The zero-order valence-electron chi connectivity index (χ0n) is 15.9. The van der Waals surface area contributed by atoms with Crippen molar-refractivity contribution in [1.82, 2.24) is 5.32 Å². The molecule has 2 aromatic rings. The number of anilines is 1. The number of nitrogens with one attached hydrogen (secondary N) is 2. The van der Waals surface area contributed by atoms with Crippen LogP contribution in [-0.4, -0.2) is 18.4 Å². The van der Waals surface area contributed by atoms with Gasteiger partial charge in [-0.25, -0.2) is 0 Å². The molecule has 146 valence electrons. The molecule has 5 nitrogen and oxygen atoms in total. The quantitative estimate of drug-likeness (QED) is 0.511. The van der Waals surface area contributed by atoms with E-state index in [-0.39, 0.29) is 18.2 Å². The number of hydrogen-bond acceptors (Lipinski definition) is 3. The molecule has 0 bridgehead atoms. The van der Waals surface area contributed by atoms with Crippen LogP contribution in [0, 0.1) is 0 Å². The van der Waals surface area contributed by atoms with Crippen molar-refractivity contribution in [3.63, 3.8) is 0 Å². The van der Waals surface area contributed by atoms with Gasteiger partial charge in [-0.2, -0.15) is 0 Å². The van der Waals surface area contributed by atoms with Crippen molar-refractivity contribution in [3.05, 3.63) is 66.2 Å². The molecule has 1 aliphatic rings. The van der Waals surface area contributed by atoms with Gasteiger partial charge in [-0.3, -0.25) is 9.59 Å². The zero-order valence-corrected chi connectivity index (χ0v) is 15.9. The molecule has 0 spiro atoms. The molecule has 2 amide bonds. The minimum absolute atomic E-state index is 0.179. The van der Waals surface area contributed by atoms with Crippen molar-refractivity contribution in [2.45, 2.75) is 38.5 Å². The maximum Gasteiger partial charge on any atom is 0.233 e. The Labute approximate surface area is 165 Å². The summed E-state index contributed by atoms with van der Waals surface area (Å²) < 4.78 is 5.72. The van der Waals surface area contributed by atoms with Gasteiger partial charge in [-0.05, 0) is 68.5 Å². The molecule has 0 saturated carbocycles. The second-order valence-electron chi connectivity index (χ2n) is 6.87. The molecule has 3 rings (SSSR count). The Morgan fingerprint density at radius 3 is 2.36 bits per heavy atom. The summed E-state index contributed by atoms with van der Waals surface area (Å²) in [6.45, 7) is 0.587. The Morgan fingerprint density at radius 2 is 1.64 bits per heavy atom. The molecule has 1 aliphatic carbocycles. The Balaban J connectivity index is 1.39. The molecule has 0 heterocycles. The molecule has 0 unspecified atom stereocenters. The average Bonchev–Trinajstić information content (AvgIpc) is 2.71. The van der Waals surface area contributed by atoms with Gasteiger partial charge in [-0.1, -0.05) is 29.8 Å². The normalized spacial score (nSPS) is 13.4. The number of benzene rings is 2. The third-order valence-corrected chi connectivity index (χ3v) is 4.59. The number of carbonyl (C=O) groups is 2. The topological polar surface area (TPSA) is 67.4 Å². The average molecular weight is 378 g/mol. The van der Waals surface area contributed by atoms with E-state index < -0.39 is 0 Å². The minimum Gasteiger partial charge on any atom is -0.457 e. The maximum absolute atomic E-state index is 12.0. The van der Waals surface area contributed by atoms with Gasteiger partial charge >= 0.3 is 0 Å². The predicted octanol–water partition coefficient (Wildman–Crippen LogP) is 4.81. The summed E-state index contributed by atoms with van der Waals surface area (Å²) in [4.78, 5) is 24.0. The number of ether oxygens (including phenoxy) is 1. The van der Waals surface area contributed by atoms with Crippen molar-refractivity contribution in [1.29, 1.82) is 0 Å². The molecule has 5 heteroatoms. The molecule has 0 saturated heterocycles. The van der Waals surface area contributed by atoms with Crippen LogP contribution in [0.25, 0.3) is 0 Å². The lowest BCUT2D eigenvalue weighted by atomic mass is 9.97. The van der Waals surface area contributed by atoms with Crippen LogP contribution in [0.3, 0.4) is 0 Å². The fraction of sp³-hybridized carbons (Fsp3) is 0.304. The highest BCUT2D eigenvalue weighted by atomic mass is 16.5. The van der Waals surface area contributed by atoms with E-state index in [2.05, 4.69) is 16.7 Å². The number of hydrogen-bond donors (Lipinski definition) is 2. The molecule has 2 aromatic carbocycles. The Kier molecular flexibility index (Phi) is 7.24. The van der Waals surface area contributed by atoms with E-state index in [0.29, 0.717) is 18.0 Å². The number of carbonyl (C=O) groups excluding carboxylic acids is 2. The van der Waals surface area contributed by atoms with Crippen LogP contribution in [0.5, 0.6) is 11.5 Å². The number of para-hydroxylation sites is 1. The van der Waals surface area contributed by atoms with Crippen LogP contribution in [0.1, 0.15) is 38.5 Å². The van der Waals surface area contributed by atoms with Crippen LogP contribution < -0.4 is 15.4 Å². The highest BCUT2D eigenvalue weighted by Crippen LogP contribution is 2.22. The smallest absolute Gasteiger partial charge is 0.233 e. The second-order valence-corrected chi connectivity index (χ2v) is 6.87. The molecule has 2 N–H and O–H groups in total. The number of amides is 2. The van der Waals surface area contributed by atoms with E-state index >= 15 is 0 Å². The van der Waals surface area contributed by atoms with Gasteiger partial charge in [0.2, 0.25) is 11.8 Å². The molecule has 0 fully saturated rings. The second kappa shape index (κ2) is 10.3. The zero-order chi connectivity index (χ0) is 19.6. The highest BCUT2D eigenvalue weighted by Gasteiger charge is 2.10. The highest BCUT2D eigenvalue weighted by molar-refractivity contribution is 6.03. The summed E-state index contributed by atoms with van der Waals surface area (Å²) in [7, 11) is 0. The summed E-state index contributed by atoms with van der Waals surface area (Å²) in [5, 5.41) is 5.56. The van der Waals surface area contributed by atoms with Gasteiger partial charge in [0, 0.05) is 12.2 Å². The van der Waals surface area contributed by atoms with Crippen LogP contribution in [0.2, 0.25) is 0 Å². The molecular formula is C23H26N2O3. The third kappa shape index (κ3) is 6.58. The summed E-state index contributed by atoms with van der Waals surface area (Å²) in [6.07, 6.45) is 7.72. The van der Waals surface area contributed by atoms with Crippen LogP contribution in [0.4, 0.5) is 5.69 Å². The SMILES string of the molecule is O=C(CC(=O)Nc1ccc(Oc2ccccc2)cc1)NCCC1=CCCCC1. The van der Waals surface area contributed by atoms with Crippen molar-refractivity contribution in [3.8, 4) is 11.5 Å². The van der Waals surface area contributed by atoms with E-state index in [1.165, 1.54) is 18.4 Å². The maximum atomic E-state index is 12.0. The molecule has 0 aliphatic heterocycles. The predicted molar refractivity (Wildman–Crippen MR) is 110 cm³/mol. The summed E-state index contributed by atoms with van der Waals surface area (Å²) in [6, 6.07) is 16.5. The Bertz CT molecular complexity index is 814. The number of rotatable bonds is 8. The summed E-state index contributed by atoms with van der Waals surface area (Å²) >= 11 is 0. The fourth-order valence-electron chi connectivity index (χ4n) is 3.14. The van der Waals surface area contributed by atoms with E-state index in [0.717, 1.165) is 25.0 Å². The first-order chi connectivity index (χ1) is 13.7. The number of allylic oxidation sites excluding steroid dienone is 1. The van der Waals surface area contributed by atoms with E-state index in [9.17, 15) is 9.59 Å². The first-order valence-electron chi connectivity index (χ1n) is 9.76. The first kappa shape index (κ1) is 19.7. The van der Waals surface area contributed by atoms with Crippen molar-refractivity contribution in [2.24, 2.45) is 0 Å². The molecule has 0 radical (unpaired) electrons. The van der Waals surface area contributed by atoms with Gasteiger partial charge in [0.25, 0.3) is 0 Å². The van der Waals surface area contributed by atoms with Gasteiger partial charge in [0.05, 0.1) is 0 Å². The van der Waals surface area contributed by atoms with E-state index in [1.54, 1.807) is 24.3 Å². The molecule has 0 aromatic heterocycles. The van der Waals surface area contributed by atoms with Crippen molar-refractivity contribution < 1.29 is 14.3 Å². The molecule has 28 heavy (non-hydrogen) atoms. The first-order valence-corrected chi connectivity index (χ1v) is 9.76. The third-order valence-electron chi connectivity index (χ3n) is 4.59. The van der Waals surface area contributed by atoms with Gasteiger partial charge in [-0.15, -0.1) is 0 Å². The lowest BCUT2D eigenvalue weighted by molar-refractivity contribution is -0.126. The monoisotopic (exact) mass is 378 g/mol. The lowest BCUT2D eigenvalue weighted by Gasteiger charge is -2.13. The molecular weight excluding hydrogens is 352 g/mol. The van der Waals surface area contributed by atoms with Crippen molar-refractivity contribution >= 4 is 17.5 Å². The van der Waals surface area contributed by atoms with E-state index in [4.69, 9.17) is 4.74 Å². The summed E-state index contributed by atoms with van der Waals surface area (Å²) in [5.41, 5.74) is 2.04. The Morgan fingerprint density at radius 1 is 0.893 bits per heavy atom. The summed E-state index contributed by atoms with van der Waals surface area (Å²) in [5.74, 6) is 0.850. The van der Waals surface area contributed by atoms with Gasteiger partial charge < -0.3 is 15.4 Å². The van der Waals surface area contributed by atoms with E-state index in [1.807, 2.05) is 30.3 Å².